The third-order valence-electron chi connectivity index (χ3n) is 3.00. The molecule has 4 nitrogen and oxygen atoms in total. The summed E-state index contributed by atoms with van der Waals surface area (Å²) in [5, 5.41) is 9.31. The van der Waals surface area contributed by atoms with Gasteiger partial charge in [-0.25, -0.2) is 4.21 Å². The van der Waals surface area contributed by atoms with E-state index in [-0.39, 0.29) is 5.92 Å². The van der Waals surface area contributed by atoms with E-state index >= 15 is 0 Å². The molecular formula is C11H21NO3SSi. The Labute approximate surface area is 107 Å². The van der Waals surface area contributed by atoms with Crippen LogP contribution in [-0.4, -0.2) is 28.4 Å². The van der Waals surface area contributed by atoms with Gasteiger partial charge in [-0.2, -0.15) is 5.26 Å². The highest BCUT2D eigenvalue weighted by Crippen LogP contribution is 2.36. The van der Waals surface area contributed by atoms with Gasteiger partial charge in [-0.05, 0) is 51.2 Å². The van der Waals surface area contributed by atoms with Gasteiger partial charge in [0.1, 0.15) is 5.60 Å². The molecule has 17 heavy (non-hydrogen) atoms. The normalized spacial score (nSPS) is 31.8. The van der Waals surface area contributed by atoms with E-state index in [1.54, 1.807) is 0 Å². The predicted molar refractivity (Wildman–Crippen MR) is 70.4 cm³/mol. The van der Waals surface area contributed by atoms with Gasteiger partial charge in [0, 0.05) is 0 Å². The standard InChI is InChI=1S/C11H21NO3SSi/c1-17(2,3)15-11(9-12)6-4-10(5-7-11)8-16(13)14/h10H,4-8H2,1-3H3,(H,13,14). The van der Waals surface area contributed by atoms with E-state index in [9.17, 15) is 9.47 Å². The summed E-state index contributed by atoms with van der Waals surface area (Å²) in [4.78, 5) is 0. The summed E-state index contributed by atoms with van der Waals surface area (Å²) in [6.45, 7) is 6.25. The minimum atomic E-state index is -1.72. The molecule has 0 aliphatic heterocycles. The molecule has 0 bridgehead atoms. The van der Waals surface area contributed by atoms with E-state index in [0.29, 0.717) is 18.6 Å². The smallest absolute Gasteiger partial charge is 0.185 e. The zero-order chi connectivity index (χ0) is 13.1. The van der Waals surface area contributed by atoms with Gasteiger partial charge in [0.15, 0.2) is 19.4 Å². The van der Waals surface area contributed by atoms with E-state index in [0.717, 1.165) is 12.8 Å². The fraction of sp³-hybridized carbons (Fsp3) is 0.909. The monoisotopic (exact) mass is 275 g/mol. The summed E-state index contributed by atoms with van der Waals surface area (Å²) in [5.41, 5.74) is -0.641. The lowest BCUT2D eigenvalue weighted by atomic mass is 9.80. The summed E-state index contributed by atoms with van der Waals surface area (Å²) < 4.78 is 25.6. The van der Waals surface area contributed by atoms with Crippen LogP contribution in [0.15, 0.2) is 0 Å². The Hall–Kier alpha value is -0.223. The molecule has 0 saturated heterocycles. The van der Waals surface area contributed by atoms with Crippen molar-refractivity contribution in [3.05, 3.63) is 0 Å². The molecule has 0 heterocycles. The zero-order valence-electron chi connectivity index (χ0n) is 10.7. The van der Waals surface area contributed by atoms with Gasteiger partial charge in [0.2, 0.25) is 0 Å². The Bertz CT molecular complexity index is 327. The molecule has 0 radical (unpaired) electrons. The van der Waals surface area contributed by atoms with Crippen LogP contribution in [0.1, 0.15) is 25.7 Å². The van der Waals surface area contributed by atoms with Gasteiger partial charge in [0.25, 0.3) is 0 Å². The summed E-state index contributed by atoms with van der Waals surface area (Å²) in [5.74, 6) is 0.585. The average molecular weight is 275 g/mol. The van der Waals surface area contributed by atoms with Gasteiger partial charge in [0.05, 0.1) is 11.8 Å². The van der Waals surface area contributed by atoms with Crippen molar-refractivity contribution in [2.45, 2.75) is 50.9 Å². The maximum absolute atomic E-state index is 10.7. The molecule has 1 N–H and O–H groups in total. The number of rotatable bonds is 4. The first-order valence-electron chi connectivity index (χ1n) is 5.95. The Morgan fingerprint density at radius 1 is 1.47 bits per heavy atom. The lowest BCUT2D eigenvalue weighted by molar-refractivity contribution is 0.0630. The molecule has 1 saturated carbocycles. The molecule has 0 aromatic heterocycles. The molecule has 0 amide bonds. The van der Waals surface area contributed by atoms with Crippen molar-refractivity contribution in [3.63, 3.8) is 0 Å². The molecule has 1 atom stereocenters. The largest absolute Gasteiger partial charge is 0.400 e. The maximum atomic E-state index is 10.7. The van der Waals surface area contributed by atoms with Crippen LogP contribution in [0.2, 0.25) is 19.6 Å². The van der Waals surface area contributed by atoms with Gasteiger partial charge < -0.3 is 8.98 Å². The van der Waals surface area contributed by atoms with E-state index in [1.165, 1.54) is 0 Å². The molecule has 1 aliphatic carbocycles. The lowest BCUT2D eigenvalue weighted by Crippen LogP contribution is -2.44. The van der Waals surface area contributed by atoms with E-state index in [1.807, 2.05) is 0 Å². The fourth-order valence-electron chi connectivity index (χ4n) is 2.33. The summed E-state index contributed by atoms with van der Waals surface area (Å²) in [6, 6.07) is 2.32. The van der Waals surface area contributed by atoms with Crippen molar-refractivity contribution in [1.82, 2.24) is 0 Å². The van der Waals surface area contributed by atoms with E-state index < -0.39 is 25.0 Å². The van der Waals surface area contributed by atoms with Crippen molar-refractivity contribution in [1.29, 1.82) is 5.26 Å². The second kappa shape index (κ2) is 5.61. The Balaban J connectivity index is 2.58. The zero-order valence-corrected chi connectivity index (χ0v) is 12.5. The highest BCUT2D eigenvalue weighted by atomic mass is 32.2. The van der Waals surface area contributed by atoms with Crippen LogP contribution < -0.4 is 0 Å². The third kappa shape index (κ3) is 4.88. The molecule has 1 aliphatic rings. The summed E-state index contributed by atoms with van der Waals surface area (Å²) >= 11 is -1.72. The van der Waals surface area contributed by atoms with Crippen LogP contribution in [-0.2, 0) is 15.5 Å². The maximum Gasteiger partial charge on any atom is 0.185 e. The van der Waals surface area contributed by atoms with Gasteiger partial charge >= 0.3 is 0 Å². The number of nitriles is 1. The van der Waals surface area contributed by atoms with Gasteiger partial charge in [-0.15, -0.1) is 0 Å². The quantitative estimate of drug-likeness (QED) is 0.632. The molecule has 1 unspecified atom stereocenters. The fourth-order valence-corrected chi connectivity index (χ4v) is 4.49. The lowest BCUT2D eigenvalue weighted by Gasteiger charge is -2.38. The highest BCUT2D eigenvalue weighted by Gasteiger charge is 2.40. The minimum absolute atomic E-state index is 0.257. The van der Waals surface area contributed by atoms with Crippen molar-refractivity contribution in [3.8, 4) is 6.07 Å². The van der Waals surface area contributed by atoms with Crippen LogP contribution in [0.25, 0.3) is 0 Å². The Morgan fingerprint density at radius 2 is 2.00 bits per heavy atom. The van der Waals surface area contributed by atoms with Crippen LogP contribution in [0, 0.1) is 17.2 Å². The Morgan fingerprint density at radius 3 is 2.35 bits per heavy atom. The number of hydrogen-bond donors (Lipinski definition) is 1. The van der Waals surface area contributed by atoms with Crippen LogP contribution in [0.3, 0.4) is 0 Å². The van der Waals surface area contributed by atoms with Gasteiger partial charge in [-0.3, -0.25) is 0 Å². The molecular weight excluding hydrogens is 254 g/mol. The summed E-state index contributed by atoms with van der Waals surface area (Å²) in [7, 11) is -1.72. The molecule has 1 rings (SSSR count). The second-order valence-corrected chi connectivity index (χ2v) is 11.2. The predicted octanol–water partition coefficient (Wildman–Crippen LogP) is 2.51. The first-order valence-corrected chi connectivity index (χ1v) is 10.6. The van der Waals surface area contributed by atoms with Crippen molar-refractivity contribution < 1.29 is 13.2 Å². The van der Waals surface area contributed by atoms with Crippen LogP contribution >= 0.6 is 0 Å². The molecule has 0 aromatic rings. The summed E-state index contributed by atoms with van der Waals surface area (Å²) in [6.07, 6.45) is 3.00. The number of nitrogens with zero attached hydrogens (tertiary/aromatic N) is 1. The van der Waals surface area contributed by atoms with Crippen LogP contribution in [0.4, 0.5) is 0 Å². The van der Waals surface area contributed by atoms with Gasteiger partial charge in [-0.1, -0.05) is 0 Å². The highest BCUT2D eigenvalue weighted by molar-refractivity contribution is 7.79. The van der Waals surface area contributed by atoms with Crippen molar-refractivity contribution >= 4 is 19.4 Å². The first-order chi connectivity index (χ1) is 7.76. The molecule has 0 aromatic carbocycles. The minimum Gasteiger partial charge on any atom is -0.400 e. The van der Waals surface area contributed by atoms with Crippen molar-refractivity contribution in [2.75, 3.05) is 5.75 Å². The Kier molecular flexibility index (Phi) is 4.90. The SMILES string of the molecule is C[Si](C)(C)OC1(C#N)CCC(CS(=O)O)CC1. The topological polar surface area (TPSA) is 70.3 Å². The molecule has 98 valence electrons. The average Bonchev–Trinajstić information content (AvgIpc) is 2.18. The molecule has 6 heteroatoms. The van der Waals surface area contributed by atoms with E-state index in [2.05, 4.69) is 25.7 Å². The number of hydrogen-bond acceptors (Lipinski definition) is 3. The van der Waals surface area contributed by atoms with Crippen molar-refractivity contribution in [2.24, 2.45) is 5.92 Å². The van der Waals surface area contributed by atoms with Crippen LogP contribution in [0.5, 0.6) is 0 Å². The second-order valence-electron chi connectivity index (χ2n) is 5.75. The first kappa shape index (κ1) is 14.8. The third-order valence-corrected chi connectivity index (χ3v) is 4.76. The molecule has 0 spiro atoms. The molecule has 1 fully saturated rings. The van der Waals surface area contributed by atoms with E-state index in [4.69, 9.17) is 8.98 Å².